The summed E-state index contributed by atoms with van der Waals surface area (Å²) in [5.74, 6) is -3.65. The first-order valence-electron chi connectivity index (χ1n) is 11.8. The summed E-state index contributed by atoms with van der Waals surface area (Å²) in [6, 6.07) is 5.36. The van der Waals surface area contributed by atoms with Crippen LogP contribution in [-0.2, 0) is 21.4 Å². The van der Waals surface area contributed by atoms with E-state index in [1.54, 1.807) is 0 Å². The van der Waals surface area contributed by atoms with E-state index in [0.717, 1.165) is 0 Å². The normalized spacial score (nSPS) is 17.4. The molecule has 2 aromatic carbocycles. The molecule has 0 aliphatic carbocycles. The second-order valence-corrected chi connectivity index (χ2v) is 9.83. The maximum atomic E-state index is 14.9. The van der Waals surface area contributed by atoms with Crippen molar-refractivity contribution in [2.24, 2.45) is 5.16 Å². The molecule has 1 aliphatic heterocycles. The quantitative estimate of drug-likeness (QED) is 0.433. The van der Waals surface area contributed by atoms with E-state index in [9.17, 15) is 44.7 Å². The van der Waals surface area contributed by atoms with E-state index < -0.39 is 76.6 Å². The highest BCUT2D eigenvalue weighted by Crippen LogP contribution is 2.51. The Labute approximate surface area is 228 Å². The molecule has 0 spiro atoms. The molecule has 0 unspecified atom stereocenters. The SMILES string of the molecule is Cc1cc(C2=NO[C@@](c3cc(C#N)cc(C(F)(F)F)c3F)(C(F)(F)F)C2)ccc1C(=O)NCC(=O)NCC(C)(C)F. The third kappa shape index (κ3) is 6.75. The zero-order valence-electron chi connectivity index (χ0n) is 21.7. The number of oxime groups is 1. The number of nitrogens with zero attached hydrogens (tertiary/aromatic N) is 2. The summed E-state index contributed by atoms with van der Waals surface area (Å²) in [6.07, 6.45) is -12.1. The van der Waals surface area contributed by atoms with Crippen molar-refractivity contribution in [3.8, 4) is 6.07 Å². The molecule has 2 N–H and O–H groups in total. The number of aryl methyl sites for hydroxylation is 1. The van der Waals surface area contributed by atoms with Gasteiger partial charge in [-0.15, -0.1) is 0 Å². The van der Waals surface area contributed by atoms with Crippen molar-refractivity contribution in [2.45, 2.75) is 50.8 Å². The number of nitrogens with one attached hydrogen (secondary N) is 2. The van der Waals surface area contributed by atoms with Crippen LogP contribution < -0.4 is 10.6 Å². The standard InChI is InChI=1S/C26H22F8N4O3/c1-13-6-15(4-5-16(13)22(40)36-11-20(39)37-12-23(2,3)28)19-9-24(41-38-19,26(32,33)34)17-7-14(10-35)8-18(21(17)27)25(29,30)31/h4-8H,9,11-12H2,1-3H3,(H,36,40)(H,37,39)/t24-/m0/s1. The maximum absolute atomic E-state index is 14.9. The molecule has 220 valence electrons. The Bertz CT molecular complexity index is 1440. The van der Waals surface area contributed by atoms with Crippen LogP contribution >= 0.6 is 0 Å². The van der Waals surface area contributed by atoms with Crippen LogP contribution in [0.1, 0.15) is 58.4 Å². The first-order valence-corrected chi connectivity index (χ1v) is 11.8. The highest BCUT2D eigenvalue weighted by Gasteiger charge is 2.64. The molecule has 0 aromatic heterocycles. The van der Waals surface area contributed by atoms with E-state index in [1.165, 1.54) is 45.0 Å². The largest absolute Gasteiger partial charge is 0.435 e. The Morgan fingerprint density at radius 3 is 2.27 bits per heavy atom. The number of halogens is 8. The highest BCUT2D eigenvalue weighted by atomic mass is 19.4. The van der Waals surface area contributed by atoms with Gasteiger partial charge in [0.1, 0.15) is 11.5 Å². The van der Waals surface area contributed by atoms with Gasteiger partial charge in [0, 0.05) is 11.1 Å². The van der Waals surface area contributed by atoms with Gasteiger partial charge in [-0.3, -0.25) is 9.59 Å². The molecule has 1 atom stereocenters. The van der Waals surface area contributed by atoms with Gasteiger partial charge in [-0.05, 0) is 56.2 Å². The van der Waals surface area contributed by atoms with Gasteiger partial charge in [-0.1, -0.05) is 11.2 Å². The fourth-order valence-corrected chi connectivity index (χ4v) is 3.95. The minimum absolute atomic E-state index is 0.0130. The van der Waals surface area contributed by atoms with E-state index in [4.69, 9.17) is 5.26 Å². The molecule has 0 fully saturated rings. The van der Waals surface area contributed by atoms with Crippen molar-refractivity contribution in [1.82, 2.24) is 10.6 Å². The van der Waals surface area contributed by atoms with Crippen LogP contribution in [0, 0.1) is 24.1 Å². The molecule has 1 aliphatic rings. The lowest BCUT2D eigenvalue weighted by Crippen LogP contribution is -2.44. The second-order valence-electron chi connectivity index (χ2n) is 9.83. The van der Waals surface area contributed by atoms with Crippen LogP contribution in [0.3, 0.4) is 0 Å². The lowest BCUT2D eigenvalue weighted by atomic mass is 9.84. The number of rotatable bonds is 7. The number of carbonyl (C=O) groups is 2. The van der Waals surface area contributed by atoms with Gasteiger partial charge in [0.25, 0.3) is 11.5 Å². The first-order chi connectivity index (χ1) is 18.8. The number of hydrogen-bond acceptors (Lipinski definition) is 5. The van der Waals surface area contributed by atoms with Crippen molar-refractivity contribution in [3.05, 3.63) is 69.5 Å². The third-order valence-corrected chi connectivity index (χ3v) is 6.05. The Hall–Kier alpha value is -4.22. The van der Waals surface area contributed by atoms with Crippen LogP contribution in [0.2, 0.25) is 0 Å². The average molecular weight is 590 g/mol. The fourth-order valence-electron chi connectivity index (χ4n) is 3.95. The molecule has 2 aromatic rings. The van der Waals surface area contributed by atoms with E-state index >= 15 is 0 Å². The number of amides is 2. The van der Waals surface area contributed by atoms with E-state index in [1.807, 2.05) is 0 Å². The lowest BCUT2D eigenvalue weighted by molar-refractivity contribution is -0.277. The van der Waals surface area contributed by atoms with Crippen LogP contribution in [-0.4, -0.2) is 42.5 Å². The molecule has 0 bridgehead atoms. The van der Waals surface area contributed by atoms with Gasteiger partial charge in [0.05, 0.1) is 42.4 Å². The van der Waals surface area contributed by atoms with Gasteiger partial charge in [0.2, 0.25) is 5.91 Å². The van der Waals surface area contributed by atoms with Crippen molar-refractivity contribution in [3.63, 3.8) is 0 Å². The number of alkyl halides is 7. The third-order valence-electron chi connectivity index (χ3n) is 6.05. The van der Waals surface area contributed by atoms with Gasteiger partial charge >= 0.3 is 12.4 Å². The summed E-state index contributed by atoms with van der Waals surface area (Å²) < 4.78 is 111. The fraction of sp³-hybridized carbons (Fsp3) is 0.385. The van der Waals surface area contributed by atoms with Crippen molar-refractivity contribution < 1.29 is 49.5 Å². The summed E-state index contributed by atoms with van der Waals surface area (Å²) >= 11 is 0. The predicted molar refractivity (Wildman–Crippen MR) is 128 cm³/mol. The highest BCUT2D eigenvalue weighted by molar-refractivity contribution is 6.04. The molecule has 0 radical (unpaired) electrons. The van der Waals surface area contributed by atoms with E-state index in [-0.39, 0.29) is 29.3 Å². The molecule has 0 saturated heterocycles. The molecular formula is C26H22F8N4O3. The van der Waals surface area contributed by atoms with Gasteiger partial charge in [0.15, 0.2) is 0 Å². The van der Waals surface area contributed by atoms with Gasteiger partial charge in [-0.25, -0.2) is 8.78 Å². The molecule has 15 heteroatoms. The summed E-state index contributed by atoms with van der Waals surface area (Å²) in [7, 11) is 0. The molecule has 41 heavy (non-hydrogen) atoms. The Morgan fingerprint density at radius 2 is 1.73 bits per heavy atom. The minimum atomic E-state index is -5.47. The first kappa shape index (κ1) is 31.3. The summed E-state index contributed by atoms with van der Waals surface area (Å²) in [6.45, 7) is 3.13. The van der Waals surface area contributed by atoms with E-state index in [0.29, 0.717) is 6.07 Å². The summed E-state index contributed by atoms with van der Waals surface area (Å²) in [5, 5.41) is 17.1. The smallest absolute Gasteiger partial charge is 0.374 e. The number of nitriles is 1. The molecule has 2 amide bonds. The Morgan fingerprint density at radius 1 is 1.07 bits per heavy atom. The van der Waals surface area contributed by atoms with Crippen LogP contribution in [0.25, 0.3) is 0 Å². The molecule has 0 saturated carbocycles. The molecule has 1 heterocycles. The van der Waals surface area contributed by atoms with Crippen molar-refractivity contribution >= 4 is 17.5 Å². The lowest BCUT2D eigenvalue weighted by Gasteiger charge is -2.30. The average Bonchev–Trinajstić information content (AvgIpc) is 3.32. The van der Waals surface area contributed by atoms with Crippen LogP contribution in [0.5, 0.6) is 0 Å². The molecule has 3 rings (SSSR count). The molecular weight excluding hydrogens is 568 g/mol. The van der Waals surface area contributed by atoms with Crippen molar-refractivity contribution in [1.29, 1.82) is 5.26 Å². The Kier molecular flexibility index (Phi) is 8.39. The maximum Gasteiger partial charge on any atom is 0.435 e. The number of carbonyl (C=O) groups excluding carboxylic acids is 2. The predicted octanol–water partition coefficient (Wildman–Crippen LogP) is 5.20. The Balaban J connectivity index is 1.88. The number of hydrogen-bond donors (Lipinski definition) is 2. The zero-order chi connectivity index (χ0) is 31.0. The monoisotopic (exact) mass is 590 g/mol. The van der Waals surface area contributed by atoms with Gasteiger partial charge in [-0.2, -0.15) is 31.6 Å². The minimum Gasteiger partial charge on any atom is -0.374 e. The second kappa shape index (κ2) is 11.0. The molecule has 7 nitrogen and oxygen atoms in total. The van der Waals surface area contributed by atoms with E-state index in [2.05, 4.69) is 20.6 Å². The summed E-state index contributed by atoms with van der Waals surface area (Å²) in [5.41, 5.74) is -10.0. The number of benzene rings is 2. The van der Waals surface area contributed by atoms with Crippen molar-refractivity contribution in [2.75, 3.05) is 13.1 Å². The topological polar surface area (TPSA) is 104 Å². The van der Waals surface area contributed by atoms with Crippen LogP contribution in [0.15, 0.2) is 35.5 Å². The van der Waals surface area contributed by atoms with Gasteiger partial charge < -0.3 is 15.5 Å². The zero-order valence-corrected chi connectivity index (χ0v) is 21.7. The van der Waals surface area contributed by atoms with Crippen LogP contribution in [0.4, 0.5) is 35.1 Å². The summed E-state index contributed by atoms with van der Waals surface area (Å²) in [4.78, 5) is 29.0.